The molecule has 2 aliphatic rings. The van der Waals surface area contributed by atoms with Crippen molar-refractivity contribution in [2.24, 2.45) is 10.9 Å². The van der Waals surface area contributed by atoms with Crippen molar-refractivity contribution in [1.82, 2.24) is 5.32 Å². The van der Waals surface area contributed by atoms with Gasteiger partial charge in [-0.3, -0.25) is 9.79 Å². The molecule has 4 nitrogen and oxygen atoms in total. The van der Waals surface area contributed by atoms with Gasteiger partial charge in [0.2, 0.25) is 5.91 Å². The molecule has 1 saturated heterocycles. The first kappa shape index (κ1) is 8.69. The quantitative estimate of drug-likeness (QED) is 0.635. The molecule has 1 fully saturated rings. The van der Waals surface area contributed by atoms with Crippen LogP contribution in [-0.4, -0.2) is 31.0 Å². The molecule has 2 rings (SSSR count). The van der Waals surface area contributed by atoms with Gasteiger partial charge < -0.3 is 10.1 Å². The Balaban J connectivity index is 2.00. The molecule has 1 N–H and O–H groups in total. The molecule has 13 heavy (non-hydrogen) atoms. The lowest BCUT2D eigenvalue weighted by molar-refractivity contribution is -0.119. The Kier molecular flexibility index (Phi) is 2.31. The summed E-state index contributed by atoms with van der Waals surface area (Å²) in [5.74, 6) is 1.15. The van der Waals surface area contributed by atoms with E-state index in [9.17, 15) is 4.79 Å². The Morgan fingerprint density at radius 1 is 1.62 bits per heavy atom. The van der Waals surface area contributed by atoms with E-state index >= 15 is 0 Å². The predicted molar refractivity (Wildman–Crippen MR) is 48.6 cm³/mol. The van der Waals surface area contributed by atoms with Gasteiger partial charge in [-0.15, -0.1) is 0 Å². The van der Waals surface area contributed by atoms with Gasteiger partial charge in [0.05, 0.1) is 6.61 Å². The Bertz CT molecular complexity index is 244. The first-order valence-electron chi connectivity index (χ1n) is 4.73. The lowest BCUT2D eigenvalue weighted by atomic mass is 10.0. The SMILES string of the molecule is CC1N=C(C2CCCOC2)NC1=O. The predicted octanol–water partition coefficient (Wildman–Crippen LogP) is 0.330. The minimum Gasteiger partial charge on any atom is -0.381 e. The zero-order valence-corrected chi connectivity index (χ0v) is 7.75. The van der Waals surface area contributed by atoms with Crippen LogP contribution in [0, 0.1) is 5.92 Å². The highest BCUT2D eigenvalue weighted by Crippen LogP contribution is 2.17. The highest BCUT2D eigenvalue weighted by Gasteiger charge is 2.28. The summed E-state index contributed by atoms with van der Waals surface area (Å²) in [5.41, 5.74) is 0. The number of amidine groups is 1. The van der Waals surface area contributed by atoms with E-state index in [1.54, 1.807) is 0 Å². The van der Waals surface area contributed by atoms with Crippen molar-refractivity contribution in [3.63, 3.8) is 0 Å². The Morgan fingerprint density at radius 3 is 3.00 bits per heavy atom. The number of ether oxygens (including phenoxy) is 1. The van der Waals surface area contributed by atoms with Gasteiger partial charge in [-0.2, -0.15) is 0 Å². The number of rotatable bonds is 1. The summed E-state index contributed by atoms with van der Waals surface area (Å²) in [7, 11) is 0. The maximum absolute atomic E-state index is 11.2. The monoisotopic (exact) mass is 182 g/mol. The molecular formula is C9H14N2O2. The Hall–Kier alpha value is -0.900. The second-order valence-corrected chi connectivity index (χ2v) is 3.59. The zero-order chi connectivity index (χ0) is 9.26. The van der Waals surface area contributed by atoms with Gasteiger partial charge in [0, 0.05) is 12.5 Å². The number of hydrogen-bond donors (Lipinski definition) is 1. The molecule has 0 aromatic heterocycles. The lowest BCUT2D eigenvalue weighted by Crippen LogP contribution is -2.35. The fourth-order valence-electron chi connectivity index (χ4n) is 1.69. The molecule has 0 aliphatic carbocycles. The van der Waals surface area contributed by atoms with Crippen molar-refractivity contribution in [2.75, 3.05) is 13.2 Å². The fraction of sp³-hybridized carbons (Fsp3) is 0.778. The van der Waals surface area contributed by atoms with Crippen LogP contribution in [0.15, 0.2) is 4.99 Å². The standard InChI is InChI=1S/C9H14N2O2/c1-6-9(12)11-8(10-6)7-3-2-4-13-5-7/h6-7H,2-5H2,1H3,(H,10,11,12). The topological polar surface area (TPSA) is 50.7 Å². The molecule has 0 bridgehead atoms. The molecule has 72 valence electrons. The summed E-state index contributed by atoms with van der Waals surface area (Å²) in [6.45, 7) is 3.35. The average molecular weight is 182 g/mol. The summed E-state index contributed by atoms with van der Waals surface area (Å²) in [4.78, 5) is 15.4. The molecular weight excluding hydrogens is 168 g/mol. The fourth-order valence-corrected chi connectivity index (χ4v) is 1.69. The van der Waals surface area contributed by atoms with Crippen LogP contribution in [-0.2, 0) is 9.53 Å². The third-order valence-corrected chi connectivity index (χ3v) is 2.51. The summed E-state index contributed by atoms with van der Waals surface area (Å²) in [6.07, 6.45) is 2.14. The molecule has 0 radical (unpaired) electrons. The highest BCUT2D eigenvalue weighted by atomic mass is 16.5. The van der Waals surface area contributed by atoms with Crippen molar-refractivity contribution in [1.29, 1.82) is 0 Å². The average Bonchev–Trinajstić information content (AvgIpc) is 2.49. The summed E-state index contributed by atoms with van der Waals surface area (Å²) in [5, 5.41) is 2.80. The van der Waals surface area contributed by atoms with Crippen molar-refractivity contribution in [2.45, 2.75) is 25.8 Å². The van der Waals surface area contributed by atoms with Gasteiger partial charge in [-0.25, -0.2) is 0 Å². The largest absolute Gasteiger partial charge is 0.381 e. The second kappa shape index (κ2) is 3.46. The van der Waals surface area contributed by atoms with Crippen LogP contribution in [0.25, 0.3) is 0 Å². The summed E-state index contributed by atoms with van der Waals surface area (Å²) < 4.78 is 5.33. The van der Waals surface area contributed by atoms with E-state index in [1.165, 1.54) is 0 Å². The van der Waals surface area contributed by atoms with Crippen LogP contribution in [0.3, 0.4) is 0 Å². The van der Waals surface area contributed by atoms with E-state index in [1.807, 2.05) is 6.92 Å². The minimum absolute atomic E-state index is 0.0144. The van der Waals surface area contributed by atoms with Gasteiger partial charge in [0.15, 0.2) is 0 Å². The van der Waals surface area contributed by atoms with Crippen LogP contribution in [0.5, 0.6) is 0 Å². The molecule has 2 unspecified atom stereocenters. The maximum Gasteiger partial charge on any atom is 0.249 e. The molecule has 0 spiro atoms. The smallest absolute Gasteiger partial charge is 0.249 e. The van der Waals surface area contributed by atoms with Crippen LogP contribution < -0.4 is 5.32 Å². The van der Waals surface area contributed by atoms with Crippen molar-refractivity contribution in [3.8, 4) is 0 Å². The molecule has 0 aromatic rings. The maximum atomic E-state index is 11.2. The van der Waals surface area contributed by atoms with Gasteiger partial charge in [-0.1, -0.05) is 0 Å². The first-order valence-corrected chi connectivity index (χ1v) is 4.73. The number of aliphatic imine (C=N–C) groups is 1. The lowest BCUT2D eigenvalue weighted by Gasteiger charge is -2.21. The molecule has 2 heterocycles. The number of carbonyl (C=O) groups excluding carboxylic acids is 1. The van der Waals surface area contributed by atoms with E-state index in [-0.39, 0.29) is 11.9 Å². The summed E-state index contributed by atoms with van der Waals surface area (Å²) in [6, 6.07) is -0.211. The third-order valence-electron chi connectivity index (χ3n) is 2.51. The van der Waals surface area contributed by atoms with E-state index in [0.29, 0.717) is 12.5 Å². The number of hydrogen-bond acceptors (Lipinski definition) is 3. The van der Waals surface area contributed by atoms with Crippen molar-refractivity contribution in [3.05, 3.63) is 0 Å². The molecule has 1 amide bonds. The van der Waals surface area contributed by atoms with Crippen LogP contribution in [0.2, 0.25) is 0 Å². The molecule has 2 atom stereocenters. The second-order valence-electron chi connectivity index (χ2n) is 3.59. The van der Waals surface area contributed by atoms with Crippen LogP contribution in [0.4, 0.5) is 0 Å². The van der Waals surface area contributed by atoms with E-state index in [0.717, 1.165) is 25.3 Å². The van der Waals surface area contributed by atoms with E-state index < -0.39 is 0 Å². The van der Waals surface area contributed by atoms with Gasteiger partial charge >= 0.3 is 0 Å². The number of amides is 1. The highest BCUT2D eigenvalue weighted by molar-refractivity contribution is 6.06. The molecule has 4 heteroatoms. The first-order chi connectivity index (χ1) is 6.27. The molecule has 0 aromatic carbocycles. The number of carbonyl (C=O) groups is 1. The number of nitrogens with zero attached hydrogens (tertiary/aromatic N) is 1. The summed E-state index contributed by atoms with van der Waals surface area (Å²) >= 11 is 0. The number of nitrogens with one attached hydrogen (secondary N) is 1. The van der Waals surface area contributed by atoms with Crippen LogP contribution >= 0.6 is 0 Å². The van der Waals surface area contributed by atoms with Gasteiger partial charge in [0.25, 0.3) is 0 Å². The van der Waals surface area contributed by atoms with Crippen molar-refractivity contribution < 1.29 is 9.53 Å². The zero-order valence-electron chi connectivity index (χ0n) is 7.75. The van der Waals surface area contributed by atoms with E-state index in [2.05, 4.69) is 10.3 Å². The molecule has 2 aliphatic heterocycles. The normalized spacial score (nSPS) is 34.2. The van der Waals surface area contributed by atoms with Crippen LogP contribution in [0.1, 0.15) is 19.8 Å². The van der Waals surface area contributed by atoms with Gasteiger partial charge in [-0.05, 0) is 19.8 Å². The third kappa shape index (κ3) is 1.72. The Labute approximate surface area is 77.4 Å². The van der Waals surface area contributed by atoms with Crippen molar-refractivity contribution >= 4 is 11.7 Å². The minimum atomic E-state index is -0.211. The van der Waals surface area contributed by atoms with Gasteiger partial charge in [0.1, 0.15) is 11.9 Å². The van der Waals surface area contributed by atoms with E-state index in [4.69, 9.17) is 4.74 Å². The molecule has 0 saturated carbocycles. The Morgan fingerprint density at radius 2 is 2.46 bits per heavy atom.